The van der Waals surface area contributed by atoms with Crippen LogP contribution in [0.15, 0.2) is 48.5 Å². The van der Waals surface area contributed by atoms with Crippen molar-refractivity contribution in [3.8, 4) is 0 Å². The van der Waals surface area contributed by atoms with Crippen molar-refractivity contribution in [2.45, 2.75) is 6.54 Å². The summed E-state index contributed by atoms with van der Waals surface area (Å²) >= 11 is 6.03. The highest BCUT2D eigenvalue weighted by Gasteiger charge is 2.15. The van der Waals surface area contributed by atoms with E-state index in [1.54, 1.807) is 0 Å². The molecule has 0 saturated carbocycles. The summed E-state index contributed by atoms with van der Waals surface area (Å²) in [5, 5.41) is 4.22. The number of halogens is 3. The third-order valence-corrected chi connectivity index (χ3v) is 3.44. The maximum atomic E-state index is 6.03. The first-order valence-corrected chi connectivity index (χ1v) is 6.53. The van der Waals surface area contributed by atoms with Gasteiger partial charge in [-0.1, -0.05) is 35.9 Å². The zero-order valence-electron chi connectivity index (χ0n) is 10.9. The Morgan fingerprint density at radius 3 is 2.65 bits per heavy atom. The summed E-state index contributed by atoms with van der Waals surface area (Å²) in [6.07, 6.45) is 0. The molecule has 0 aliphatic carbocycles. The van der Waals surface area contributed by atoms with E-state index in [0.717, 1.165) is 24.7 Å². The van der Waals surface area contributed by atoms with Gasteiger partial charge in [0, 0.05) is 24.7 Å². The van der Waals surface area contributed by atoms with Crippen molar-refractivity contribution < 1.29 is 0 Å². The predicted octanol–water partition coefficient (Wildman–Crippen LogP) is 4.62. The largest absolute Gasteiger partial charge is 0.382 e. The summed E-state index contributed by atoms with van der Waals surface area (Å²) < 4.78 is 0. The van der Waals surface area contributed by atoms with Crippen LogP contribution in [0.4, 0.5) is 11.4 Å². The minimum Gasteiger partial charge on any atom is -0.382 e. The SMILES string of the molecule is Cl.Cl.Clc1cccc(CN2CCNc3ccccc32)c1. The first kappa shape index (κ1) is 17.0. The fourth-order valence-corrected chi connectivity index (χ4v) is 2.58. The molecule has 0 amide bonds. The molecular weight excluding hydrogens is 315 g/mol. The van der Waals surface area contributed by atoms with Crippen molar-refractivity contribution in [3.05, 3.63) is 59.1 Å². The molecule has 20 heavy (non-hydrogen) atoms. The molecule has 3 rings (SSSR count). The molecule has 2 nitrogen and oxygen atoms in total. The van der Waals surface area contributed by atoms with Gasteiger partial charge >= 0.3 is 0 Å². The first-order chi connectivity index (χ1) is 8.83. The van der Waals surface area contributed by atoms with E-state index < -0.39 is 0 Å². The fraction of sp³-hybridized carbons (Fsp3) is 0.200. The lowest BCUT2D eigenvalue weighted by Gasteiger charge is -2.32. The minimum absolute atomic E-state index is 0. The molecule has 0 radical (unpaired) electrons. The Bertz CT molecular complexity index is 560. The van der Waals surface area contributed by atoms with E-state index in [9.17, 15) is 0 Å². The Morgan fingerprint density at radius 2 is 1.85 bits per heavy atom. The van der Waals surface area contributed by atoms with Crippen molar-refractivity contribution >= 4 is 47.8 Å². The highest BCUT2D eigenvalue weighted by atomic mass is 35.5. The van der Waals surface area contributed by atoms with Gasteiger partial charge in [-0.2, -0.15) is 0 Å². The lowest BCUT2D eigenvalue weighted by atomic mass is 10.1. The number of fused-ring (bicyclic) bond motifs is 1. The normalized spacial score (nSPS) is 12.6. The molecule has 2 aromatic carbocycles. The second-order valence-corrected chi connectivity index (χ2v) is 4.93. The summed E-state index contributed by atoms with van der Waals surface area (Å²) in [6, 6.07) is 16.5. The van der Waals surface area contributed by atoms with Crippen LogP contribution in [0.1, 0.15) is 5.56 Å². The third kappa shape index (κ3) is 3.72. The van der Waals surface area contributed by atoms with E-state index in [-0.39, 0.29) is 24.8 Å². The van der Waals surface area contributed by atoms with Gasteiger partial charge in [-0.25, -0.2) is 0 Å². The Labute approximate surface area is 136 Å². The second-order valence-electron chi connectivity index (χ2n) is 4.50. The van der Waals surface area contributed by atoms with Crippen molar-refractivity contribution in [2.24, 2.45) is 0 Å². The average Bonchev–Trinajstić information content (AvgIpc) is 2.39. The molecule has 0 fully saturated rings. The van der Waals surface area contributed by atoms with Crippen LogP contribution in [0.2, 0.25) is 5.02 Å². The zero-order chi connectivity index (χ0) is 12.4. The van der Waals surface area contributed by atoms with Crippen molar-refractivity contribution in [1.82, 2.24) is 0 Å². The lowest BCUT2D eigenvalue weighted by Crippen LogP contribution is -2.33. The summed E-state index contributed by atoms with van der Waals surface area (Å²) in [4.78, 5) is 2.39. The van der Waals surface area contributed by atoms with Crippen LogP contribution < -0.4 is 10.2 Å². The summed E-state index contributed by atoms with van der Waals surface area (Å²) in [5.74, 6) is 0. The average molecular weight is 332 g/mol. The topological polar surface area (TPSA) is 15.3 Å². The molecular formula is C15H17Cl3N2. The van der Waals surface area contributed by atoms with Crippen molar-refractivity contribution in [3.63, 3.8) is 0 Å². The van der Waals surface area contributed by atoms with Gasteiger partial charge in [0.2, 0.25) is 0 Å². The van der Waals surface area contributed by atoms with E-state index in [2.05, 4.69) is 40.5 Å². The van der Waals surface area contributed by atoms with Gasteiger partial charge in [-0.15, -0.1) is 24.8 Å². The molecule has 0 bridgehead atoms. The van der Waals surface area contributed by atoms with Crippen LogP contribution in [0.25, 0.3) is 0 Å². The van der Waals surface area contributed by atoms with E-state index in [4.69, 9.17) is 11.6 Å². The lowest BCUT2D eigenvalue weighted by molar-refractivity contribution is 0.787. The van der Waals surface area contributed by atoms with Crippen LogP contribution in [-0.2, 0) is 6.54 Å². The predicted molar refractivity (Wildman–Crippen MR) is 91.9 cm³/mol. The molecule has 1 aliphatic heterocycles. The van der Waals surface area contributed by atoms with Gasteiger partial charge in [0.15, 0.2) is 0 Å². The quantitative estimate of drug-likeness (QED) is 0.864. The number of benzene rings is 2. The highest BCUT2D eigenvalue weighted by molar-refractivity contribution is 6.30. The van der Waals surface area contributed by atoms with E-state index in [1.165, 1.54) is 16.9 Å². The van der Waals surface area contributed by atoms with E-state index in [0.29, 0.717) is 0 Å². The Kier molecular flexibility index (Phi) is 6.47. The minimum atomic E-state index is 0. The maximum absolute atomic E-state index is 6.03. The van der Waals surface area contributed by atoms with Gasteiger partial charge in [-0.3, -0.25) is 0 Å². The van der Waals surface area contributed by atoms with Crippen molar-refractivity contribution in [1.29, 1.82) is 0 Å². The van der Waals surface area contributed by atoms with E-state index >= 15 is 0 Å². The molecule has 0 aromatic heterocycles. The van der Waals surface area contributed by atoms with E-state index in [1.807, 2.05) is 18.2 Å². The first-order valence-electron chi connectivity index (χ1n) is 6.15. The van der Waals surface area contributed by atoms with Crippen LogP contribution >= 0.6 is 36.4 Å². The number of para-hydroxylation sites is 2. The summed E-state index contributed by atoms with van der Waals surface area (Å²) in [6.45, 7) is 2.90. The summed E-state index contributed by atoms with van der Waals surface area (Å²) in [7, 11) is 0. The Morgan fingerprint density at radius 1 is 1.05 bits per heavy atom. The molecule has 0 atom stereocenters. The number of nitrogens with one attached hydrogen (secondary N) is 1. The molecule has 1 N–H and O–H groups in total. The molecule has 0 saturated heterocycles. The molecule has 0 spiro atoms. The number of anilines is 2. The Hall–Kier alpha value is -1.09. The monoisotopic (exact) mass is 330 g/mol. The molecule has 2 aromatic rings. The number of nitrogens with zero attached hydrogens (tertiary/aromatic N) is 1. The molecule has 1 heterocycles. The van der Waals surface area contributed by atoms with Crippen LogP contribution in [0.5, 0.6) is 0 Å². The van der Waals surface area contributed by atoms with Gasteiger partial charge < -0.3 is 10.2 Å². The Balaban J connectivity index is 0.000001000. The smallest absolute Gasteiger partial charge is 0.0605 e. The zero-order valence-corrected chi connectivity index (χ0v) is 13.3. The standard InChI is InChI=1S/C15H15ClN2.2ClH/c16-13-5-3-4-12(10-13)11-18-9-8-17-14-6-1-2-7-15(14)18;;/h1-7,10,17H,8-9,11H2;2*1H. The fourth-order valence-electron chi connectivity index (χ4n) is 2.36. The van der Waals surface area contributed by atoms with Crippen molar-refractivity contribution in [2.75, 3.05) is 23.3 Å². The van der Waals surface area contributed by atoms with Crippen LogP contribution in [-0.4, -0.2) is 13.1 Å². The van der Waals surface area contributed by atoms with Gasteiger partial charge in [0.05, 0.1) is 11.4 Å². The van der Waals surface area contributed by atoms with Crippen LogP contribution in [0.3, 0.4) is 0 Å². The van der Waals surface area contributed by atoms with Gasteiger partial charge in [0.25, 0.3) is 0 Å². The molecule has 108 valence electrons. The number of hydrogen-bond acceptors (Lipinski definition) is 2. The molecule has 5 heteroatoms. The number of hydrogen-bond donors (Lipinski definition) is 1. The number of rotatable bonds is 2. The highest BCUT2D eigenvalue weighted by Crippen LogP contribution is 2.29. The molecule has 1 aliphatic rings. The summed E-state index contributed by atoms with van der Waals surface area (Å²) in [5.41, 5.74) is 3.73. The molecule has 0 unspecified atom stereocenters. The second kappa shape index (κ2) is 7.63. The third-order valence-electron chi connectivity index (χ3n) is 3.20. The maximum Gasteiger partial charge on any atom is 0.0605 e. The van der Waals surface area contributed by atoms with Gasteiger partial charge in [0.1, 0.15) is 0 Å². The van der Waals surface area contributed by atoms with Gasteiger partial charge in [-0.05, 0) is 29.8 Å². The van der Waals surface area contributed by atoms with Crippen LogP contribution in [0, 0.1) is 0 Å².